The van der Waals surface area contributed by atoms with Crippen molar-refractivity contribution in [2.24, 2.45) is 0 Å². The van der Waals surface area contributed by atoms with Gasteiger partial charge in [0.2, 0.25) is 10.0 Å². The average Bonchev–Trinajstić information content (AvgIpc) is 3.31. The lowest BCUT2D eigenvalue weighted by molar-refractivity contribution is 0.0468. The molecule has 0 saturated heterocycles. The van der Waals surface area contributed by atoms with Gasteiger partial charge in [-0.25, -0.2) is 22.9 Å². The monoisotopic (exact) mass is 408 g/mol. The molecule has 9 heteroatoms. The summed E-state index contributed by atoms with van der Waals surface area (Å²) in [7, 11) is -3.54. The Morgan fingerprint density at radius 2 is 1.96 bits per heavy atom. The Morgan fingerprint density at radius 1 is 1.19 bits per heavy atom. The van der Waals surface area contributed by atoms with Crippen LogP contribution in [0.5, 0.6) is 0 Å². The first kappa shape index (κ1) is 18.7. The third-order valence-corrected chi connectivity index (χ3v) is 6.59. The Labute approximate surface area is 159 Å². The van der Waals surface area contributed by atoms with Crippen molar-refractivity contribution in [2.75, 3.05) is 6.54 Å². The predicted molar refractivity (Wildman–Crippen MR) is 102 cm³/mol. The van der Waals surface area contributed by atoms with Crippen molar-refractivity contribution >= 4 is 38.7 Å². The molecule has 1 N–H and O–H groups in total. The number of nitrogens with zero attached hydrogens (tertiary/aromatic N) is 1. The van der Waals surface area contributed by atoms with Crippen LogP contribution in [-0.4, -0.2) is 25.9 Å². The molecule has 0 bridgehead atoms. The summed E-state index contributed by atoms with van der Waals surface area (Å²) >= 11 is 3.09. The van der Waals surface area contributed by atoms with Gasteiger partial charge in [0, 0.05) is 22.9 Å². The van der Waals surface area contributed by atoms with Crippen LogP contribution in [0.1, 0.15) is 23.0 Å². The van der Waals surface area contributed by atoms with Crippen molar-refractivity contribution in [3.05, 3.63) is 57.7 Å². The molecule has 0 aliphatic heterocycles. The molecule has 0 aliphatic carbocycles. The van der Waals surface area contributed by atoms with Gasteiger partial charge >= 0.3 is 5.97 Å². The van der Waals surface area contributed by atoms with E-state index in [2.05, 4.69) is 9.71 Å². The number of hydrogen-bond acceptors (Lipinski definition) is 7. The Hall–Kier alpha value is -2.07. The van der Waals surface area contributed by atoms with Crippen molar-refractivity contribution in [3.8, 4) is 10.6 Å². The quantitative estimate of drug-likeness (QED) is 0.605. The van der Waals surface area contributed by atoms with Crippen molar-refractivity contribution in [2.45, 2.75) is 18.4 Å². The number of ether oxygens (including phenoxy) is 1. The highest BCUT2D eigenvalue weighted by Crippen LogP contribution is 2.26. The number of thiophene rings is 1. The molecule has 2 aromatic heterocycles. The van der Waals surface area contributed by atoms with E-state index in [0.29, 0.717) is 12.2 Å². The summed E-state index contributed by atoms with van der Waals surface area (Å²) < 4.78 is 31.4. The first-order valence-corrected chi connectivity index (χ1v) is 11.0. The zero-order valence-electron chi connectivity index (χ0n) is 13.8. The van der Waals surface area contributed by atoms with Crippen LogP contribution in [-0.2, 0) is 21.4 Å². The molecule has 136 valence electrons. The summed E-state index contributed by atoms with van der Waals surface area (Å²) in [5.74, 6) is -0.525. The number of esters is 1. The van der Waals surface area contributed by atoms with Crippen LogP contribution >= 0.6 is 22.7 Å². The highest BCUT2D eigenvalue weighted by Gasteiger charge is 2.15. The van der Waals surface area contributed by atoms with Crippen LogP contribution < -0.4 is 4.72 Å². The van der Waals surface area contributed by atoms with Crippen LogP contribution in [0.3, 0.4) is 0 Å². The molecular formula is C17H16N2O4S3. The number of sulfonamides is 1. The largest absolute Gasteiger partial charge is 0.456 e. The molecule has 0 amide bonds. The van der Waals surface area contributed by atoms with Crippen LogP contribution in [0.4, 0.5) is 0 Å². The molecule has 3 rings (SSSR count). The summed E-state index contributed by atoms with van der Waals surface area (Å²) in [6.07, 6.45) is 0. The van der Waals surface area contributed by atoms with Gasteiger partial charge in [0.1, 0.15) is 11.6 Å². The molecule has 0 radical (unpaired) electrons. The Kier molecular flexibility index (Phi) is 5.82. The van der Waals surface area contributed by atoms with E-state index in [4.69, 9.17) is 4.74 Å². The number of carbonyl (C=O) groups excluding carboxylic acids is 1. The number of nitrogens with one attached hydrogen (secondary N) is 1. The summed E-state index contributed by atoms with van der Waals surface area (Å²) in [5.41, 5.74) is 2.01. The van der Waals surface area contributed by atoms with E-state index in [-0.39, 0.29) is 17.1 Å². The van der Waals surface area contributed by atoms with Crippen molar-refractivity contribution in [1.82, 2.24) is 9.71 Å². The number of aromatic nitrogens is 1. The number of benzene rings is 1. The minimum absolute atomic E-state index is 0.0664. The third-order valence-electron chi connectivity index (χ3n) is 3.41. The Morgan fingerprint density at radius 3 is 2.62 bits per heavy atom. The molecule has 26 heavy (non-hydrogen) atoms. The number of rotatable bonds is 7. The van der Waals surface area contributed by atoms with Gasteiger partial charge in [-0.2, -0.15) is 11.3 Å². The highest BCUT2D eigenvalue weighted by molar-refractivity contribution is 7.89. The van der Waals surface area contributed by atoms with E-state index in [0.717, 1.165) is 10.6 Å². The zero-order valence-corrected chi connectivity index (χ0v) is 16.3. The van der Waals surface area contributed by atoms with Gasteiger partial charge in [-0.15, -0.1) is 11.3 Å². The maximum absolute atomic E-state index is 12.1. The molecule has 2 heterocycles. The van der Waals surface area contributed by atoms with E-state index in [9.17, 15) is 13.2 Å². The van der Waals surface area contributed by atoms with Crippen molar-refractivity contribution in [3.63, 3.8) is 0 Å². The van der Waals surface area contributed by atoms with Gasteiger partial charge < -0.3 is 4.74 Å². The maximum Gasteiger partial charge on any atom is 0.338 e. The molecule has 1 aromatic carbocycles. The lowest BCUT2D eigenvalue weighted by atomic mass is 10.2. The predicted octanol–water partition coefficient (Wildman–Crippen LogP) is 3.53. The van der Waals surface area contributed by atoms with Crippen LogP contribution in [0.2, 0.25) is 0 Å². The summed E-state index contributed by atoms with van der Waals surface area (Å²) in [4.78, 5) is 16.7. The molecule has 0 atom stereocenters. The van der Waals surface area contributed by atoms with E-state index in [1.807, 2.05) is 22.2 Å². The first-order valence-electron chi connectivity index (χ1n) is 7.73. The van der Waals surface area contributed by atoms with E-state index >= 15 is 0 Å². The topological polar surface area (TPSA) is 85.4 Å². The van der Waals surface area contributed by atoms with Crippen LogP contribution in [0, 0.1) is 0 Å². The molecule has 0 fully saturated rings. The fraction of sp³-hybridized carbons (Fsp3) is 0.176. The second kappa shape index (κ2) is 8.09. The van der Waals surface area contributed by atoms with Gasteiger partial charge in [0.05, 0.1) is 16.2 Å². The minimum atomic E-state index is -3.54. The number of carbonyl (C=O) groups is 1. The number of hydrogen-bond donors (Lipinski definition) is 1. The van der Waals surface area contributed by atoms with Gasteiger partial charge in [-0.1, -0.05) is 6.92 Å². The van der Waals surface area contributed by atoms with E-state index < -0.39 is 16.0 Å². The molecular weight excluding hydrogens is 392 g/mol. The van der Waals surface area contributed by atoms with Crippen molar-refractivity contribution in [1.29, 1.82) is 0 Å². The lowest BCUT2D eigenvalue weighted by Crippen LogP contribution is -2.23. The van der Waals surface area contributed by atoms with Crippen LogP contribution in [0.25, 0.3) is 10.6 Å². The highest BCUT2D eigenvalue weighted by atomic mass is 32.2. The summed E-state index contributed by atoms with van der Waals surface area (Å²) in [5, 5.41) is 6.73. The molecule has 0 saturated carbocycles. The normalized spacial score (nSPS) is 11.4. The lowest BCUT2D eigenvalue weighted by Gasteiger charge is -2.06. The van der Waals surface area contributed by atoms with Gasteiger partial charge in [0.25, 0.3) is 0 Å². The summed E-state index contributed by atoms with van der Waals surface area (Å²) in [6.45, 7) is 2.07. The average molecular weight is 409 g/mol. The SMILES string of the molecule is CCNS(=O)(=O)c1ccc(C(=O)OCc2csc(-c3ccsc3)n2)cc1. The standard InChI is InChI=1S/C17H16N2O4S3/c1-2-18-26(21,22)15-5-3-12(4-6-15)17(20)23-9-14-11-25-16(19-14)13-7-8-24-10-13/h3-8,10-11,18H,2,9H2,1H3. The van der Waals surface area contributed by atoms with Gasteiger partial charge in [-0.3, -0.25) is 0 Å². The van der Waals surface area contributed by atoms with Crippen molar-refractivity contribution < 1.29 is 17.9 Å². The fourth-order valence-electron chi connectivity index (χ4n) is 2.16. The second-order valence-corrected chi connectivity index (χ2v) is 8.66. The second-order valence-electron chi connectivity index (χ2n) is 5.26. The first-order chi connectivity index (χ1) is 12.5. The number of thiazole rings is 1. The van der Waals surface area contributed by atoms with Gasteiger partial charge in [-0.05, 0) is 35.7 Å². The molecule has 0 spiro atoms. The van der Waals surface area contributed by atoms with Gasteiger partial charge in [0.15, 0.2) is 0 Å². The minimum Gasteiger partial charge on any atom is -0.456 e. The molecule has 0 aliphatic rings. The maximum atomic E-state index is 12.1. The summed E-state index contributed by atoms with van der Waals surface area (Å²) in [6, 6.07) is 7.62. The smallest absolute Gasteiger partial charge is 0.338 e. The molecule has 6 nitrogen and oxygen atoms in total. The third kappa shape index (κ3) is 4.36. The Balaban J connectivity index is 1.62. The zero-order chi connectivity index (χ0) is 18.6. The van der Waals surface area contributed by atoms with E-state index in [1.54, 1.807) is 18.3 Å². The van der Waals surface area contributed by atoms with E-state index in [1.165, 1.54) is 35.6 Å². The molecule has 3 aromatic rings. The molecule has 0 unspecified atom stereocenters. The fourth-order valence-corrected chi connectivity index (χ4v) is 4.72. The Bertz CT molecular complexity index is 977. The van der Waals surface area contributed by atoms with Crippen LogP contribution in [0.15, 0.2) is 51.4 Å².